The van der Waals surface area contributed by atoms with Crippen LogP contribution >= 0.6 is 33.3 Å². The van der Waals surface area contributed by atoms with Crippen LogP contribution in [0.5, 0.6) is 0 Å². The van der Waals surface area contributed by atoms with Gasteiger partial charge in [0.05, 0.1) is 13.4 Å². The summed E-state index contributed by atoms with van der Waals surface area (Å²) >= 11 is 1.68. The lowest BCUT2D eigenvalue weighted by molar-refractivity contribution is -0.385. The average molecular weight is 348 g/mol. The van der Waals surface area contributed by atoms with Crippen molar-refractivity contribution in [1.29, 1.82) is 0 Å². The van der Waals surface area contributed by atoms with Crippen LogP contribution in [0.2, 0.25) is 0 Å². The van der Waals surface area contributed by atoms with E-state index in [4.69, 9.17) is 10.7 Å². The van der Waals surface area contributed by atoms with Crippen LogP contribution in [0.4, 0.5) is 5.69 Å². The van der Waals surface area contributed by atoms with Crippen molar-refractivity contribution in [3.05, 3.63) is 31.9 Å². The quantitative estimate of drug-likeness (QED) is 0.355. The number of hydrogen-bond acceptors (Lipinski definition) is 4. The number of halogens is 2. The Morgan fingerprint density at radius 1 is 1.43 bits per heavy atom. The topological polar surface area (TPSA) is 77.3 Å². The van der Waals surface area contributed by atoms with Crippen LogP contribution in [-0.4, -0.2) is 13.3 Å². The molecule has 0 aromatic heterocycles. The fourth-order valence-corrected chi connectivity index (χ4v) is 2.49. The van der Waals surface area contributed by atoms with E-state index < -0.39 is 14.0 Å². The number of rotatable bonds is 2. The Bertz CT molecular complexity index is 487. The van der Waals surface area contributed by atoms with Gasteiger partial charge < -0.3 is 0 Å². The number of hydrogen-bond donors (Lipinski definition) is 0. The lowest BCUT2D eigenvalue weighted by atomic mass is 10.3. The first-order valence-electron chi connectivity index (χ1n) is 3.21. The molecule has 1 aromatic rings. The standard InChI is InChI=1S/C6H3ClINO4S/c7-14(12,13)4-1-2-6(9(10)11)5(8)3-4/h1-3H. The average Bonchev–Trinajstić information content (AvgIpc) is 2.01. The molecule has 14 heavy (non-hydrogen) atoms. The second-order valence-electron chi connectivity index (χ2n) is 2.31. The molecule has 0 radical (unpaired) electrons. The van der Waals surface area contributed by atoms with Crippen molar-refractivity contribution in [1.82, 2.24) is 0 Å². The van der Waals surface area contributed by atoms with Crippen molar-refractivity contribution in [2.45, 2.75) is 4.90 Å². The van der Waals surface area contributed by atoms with E-state index in [0.29, 0.717) is 0 Å². The minimum Gasteiger partial charge on any atom is -0.258 e. The summed E-state index contributed by atoms with van der Waals surface area (Å²) in [4.78, 5) is 9.67. The zero-order valence-corrected chi connectivity index (χ0v) is 10.2. The zero-order chi connectivity index (χ0) is 10.9. The summed E-state index contributed by atoms with van der Waals surface area (Å²) in [6, 6.07) is 3.36. The van der Waals surface area contributed by atoms with Crippen molar-refractivity contribution >= 4 is 48.0 Å². The second-order valence-corrected chi connectivity index (χ2v) is 6.04. The Morgan fingerprint density at radius 2 is 2.00 bits per heavy atom. The summed E-state index contributed by atoms with van der Waals surface area (Å²) in [6.07, 6.45) is 0. The summed E-state index contributed by atoms with van der Waals surface area (Å²) < 4.78 is 21.9. The zero-order valence-electron chi connectivity index (χ0n) is 6.48. The van der Waals surface area contributed by atoms with Crippen molar-refractivity contribution in [3.63, 3.8) is 0 Å². The van der Waals surface area contributed by atoms with Crippen molar-refractivity contribution in [2.24, 2.45) is 0 Å². The van der Waals surface area contributed by atoms with E-state index in [1.54, 1.807) is 22.6 Å². The van der Waals surface area contributed by atoms with Crippen molar-refractivity contribution < 1.29 is 13.3 Å². The summed E-state index contributed by atoms with van der Waals surface area (Å²) in [5.74, 6) is 0. The van der Waals surface area contributed by atoms with Gasteiger partial charge >= 0.3 is 0 Å². The summed E-state index contributed by atoms with van der Waals surface area (Å²) in [6.45, 7) is 0. The molecule has 0 saturated heterocycles. The highest BCUT2D eigenvalue weighted by Gasteiger charge is 2.16. The molecule has 76 valence electrons. The molecule has 0 bridgehead atoms. The van der Waals surface area contributed by atoms with Gasteiger partial charge in [-0.1, -0.05) is 0 Å². The van der Waals surface area contributed by atoms with Gasteiger partial charge in [-0.25, -0.2) is 8.42 Å². The van der Waals surface area contributed by atoms with E-state index in [1.807, 2.05) is 0 Å². The maximum atomic E-state index is 10.9. The third-order valence-corrected chi connectivity index (χ3v) is 3.61. The molecular weight excluding hydrogens is 344 g/mol. The van der Waals surface area contributed by atoms with Crippen LogP contribution in [-0.2, 0) is 9.05 Å². The van der Waals surface area contributed by atoms with Gasteiger partial charge in [-0.3, -0.25) is 10.1 Å². The molecular formula is C6H3ClINO4S. The van der Waals surface area contributed by atoms with Crippen LogP contribution in [0, 0.1) is 13.7 Å². The van der Waals surface area contributed by atoms with Gasteiger partial charge in [0, 0.05) is 16.7 Å². The molecule has 5 nitrogen and oxygen atoms in total. The number of benzene rings is 1. The number of nitrogens with zero attached hydrogens (tertiary/aromatic N) is 1. The Hall–Kier alpha value is -0.410. The molecule has 0 N–H and O–H groups in total. The van der Waals surface area contributed by atoms with Gasteiger partial charge in [0.1, 0.15) is 0 Å². The fraction of sp³-hybridized carbons (Fsp3) is 0. The van der Waals surface area contributed by atoms with Crippen LogP contribution < -0.4 is 0 Å². The maximum Gasteiger partial charge on any atom is 0.282 e. The molecule has 0 atom stereocenters. The number of nitro groups is 1. The van der Waals surface area contributed by atoms with E-state index >= 15 is 0 Å². The minimum absolute atomic E-state index is 0.144. The lowest BCUT2D eigenvalue weighted by Gasteiger charge is -1.98. The fourth-order valence-electron chi connectivity index (χ4n) is 0.787. The first-order chi connectivity index (χ1) is 6.32. The highest BCUT2D eigenvalue weighted by Crippen LogP contribution is 2.25. The Balaban J connectivity index is 3.34. The summed E-state index contributed by atoms with van der Waals surface area (Å²) in [5.41, 5.74) is -0.144. The highest BCUT2D eigenvalue weighted by atomic mass is 127. The molecule has 0 aliphatic heterocycles. The molecule has 0 amide bonds. The predicted octanol–water partition coefficient (Wildman–Crippen LogP) is 2.13. The maximum absolute atomic E-state index is 10.9. The molecule has 0 aliphatic rings. The normalized spacial score (nSPS) is 11.3. The van der Waals surface area contributed by atoms with Crippen molar-refractivity contribution in [2.75, 3.05) is 0 Å². The Morgan fingerprint density at radius 3 is 2.36 bits per heavy atom. The second kappa shape index (κ2) is 3.99. The molecule has 0 heterocycles. The third kappa shape index (κ3) is 2.55. The van der Waals surface area contributed by atoms with E-state index in [9.17, 15) is 18.5 Å². The van der Waals surface area contributed by atoms with Crippen molar-refractivity contribution in [3.8, 4) is 0 Å². The van der Waals surface area contributed by atoms with Crippen LogP contribution in [0.25, 0.3) is 0 Å². The van der Waals surface area contributed by atoms with Gasteiger partial charge in [0.15, 0.2) is 0 Å². The van der Waals surface area contributed by atoms with Crippen LogP contribution in [0.1, 0.15) is 0 Å². The predicted molar refractivity (Wildman–Crippen MR) is 58.9 cm³/mol. The van der Waals surface area contributed by atoms with Gasteiger partial charge in [0.2, 0.25) is 0 Å². The molecule has 0 unspecified atom stereocenters. The smallest absolute Gasteiger partial charge is 0.258 e. The van der Waals surface area contributed by atoms with E-state index in [1.165, 1.54) is 0 Å². The summed E-state index contributed by atoms with van der Waals surface area (Å²) in [5, 5.41) is 10.4. The first kappa shape index (κ1) is 11.7. The van der Waals surface area contributed by atoms with Gasteiger partial charge in [-0.05, 0) is 34.7 Å². The largest absolute Gasteiger partial charge is 0.282 e. The lowest BCUT2D eigenvalue weighted by Crippen LogP contribution is -1.95. The third-order valence-electron chi connectivity index (χ3n) is 1.40. The Labute approximate surface area is 97.8 Å². The molecule has 0 spiro atoms. The monoisotopic (exact) mass is 347 g/mol. The molecule has 1 rings (SSSR count). The molecule has 0 saturated carbocycles. The molecule has 0 fully saturated rings. The first-order valence-corrected chi connectivity index (χ1v) is 6.60. The summed E-state index contributed by atoms with van der Waals surface area (Å²) in [7, 11) is 1.24. The molecule has 8 heteroatoms. The van der Waals surface area contributed by atoms with Crippen LogP contribution in [0.15, 0.2) is 23.1 Å². The minimum atomic E-state index is -3.82. The highest BCUT2D eigenvalue weighted by molar-refractivity contribution is 14.1. The van der Waals surface area contributed by atoms with E-state index in [0.717, 1.165) is 18.2 Å². The number of nitro benzene ring substituents is 1. The van der Waals surface area contributed by atoms with E-state index in [-0.39, 0.29) is 14.2 Å². The molecule has 0 aliphatic carbocycles. The van der Waals surface area contributed by atoms with Crippen LogP contribution in [0.3, 0.4) is 0 Å². The van der Waals surface area contributed by atoms with Gasteiger partial charge in [0.25, 0.3) is 14.7 Å². The SMILES string of the molecule is O=[N+]([O-])c1ccc(S(=O)(=O)Cl)cc1I. The van der Waals surface area contributed by atoms with E-state index in [2.05, 4.69) is 0 Å². The van der Waals surface area contributed by atoms with Gasteiger partial charge in [-0.15, -0.1) is 0 Å². The molecule has 1 aromatic carbocycles. The van der Waals surface area contributed by atoms with Gasteiger partial charge in [-0.2, -0.15) is 0 Å². The Kier molecular flexibility index (Phi) is 3.32.